The van der Waals surface area contributed by atoms with Crippen LogP contribution >= 0.6 is 11.8 Å². The molecule has 0 fully saturated rings. The van der Waals surface area contributed by atoms with E-state index in [1.54, 1.807) is 62.4 Å². The number of nitrogens with one attached hydrogen (secondary N) is 1. The number of benzene rings is 3. The van der Waals surface area contributed by atoms with E-state index in [1.807, 2.05) is 0 Å². The summed E-state index contributed by atoms with van der Waals surface area (Å²) in [4.78, 5) is 30.6. The normalized spacial score (nSPS) is 12.0. The van der Waals surface area contributed by atoms with Crippen LogP contribution in [0.15, 0.2) is 76.7 Å². The van der Waals surface area contributed by atoms with E-state index in [1.165, 1.54) is 22.8 Å². The molecule has 0 radical (unpaired) electrons. The van der Waals surface area contributed by atoms with Crippen LogP contribution in [-0.4, -0.2) is 20.7 Å². The van der Waals surface area contributed by atoms with Crippen molar-refractivity contribution in [1.82, 2.24) is 14.9 Å². The molecule has 4 aromatic rings. The van der Waals surface area contributed by atoms with Crippen molar-refractivity contribution < 1.29 is 13.6 Å². The van der Waals surface area contributed by atoms with Gasteiger partial charge in [0, 0.05) is 6.54 Å². The molecule has 1 N–H and O–H groups in total. The van der Waals surface area contributed by atoms with Crippen molar-refractivity contribution in [2.75, 3.05) is 0 Å². The quantitative estimate of drug-likeness (QED) is 0.329. The lowest BCUT2D eigenvalue weighted by molar-refractivity contribution is -0.120. The Morgan fingerprint density at radius 1 is 1.09 bits per heavy atom. The highest BCUT2D eigenvalue weighted by atomic mass is 32.2. The Morgan fingerprint density at radius 3 is 2.55 bits per heavy atom. The predicted octanol–water partition coefficient (Wildman–Crippen LogP) is 4.77. The van der Waals surface area contributed by atoms with E-state index in [0.29, 0.717) is 22.2 Å². The lowest BCUT2D eigenvalue weighted by Gasteiger charge is -2.17. The maximum absolute atomic E-state index is 14.3. The summed E-state index contributed by atoms with van der Waals surface area (Å²) < 4.78 is 28.7. The third-order valence-electron chi connectivity index (χ3n) is 5.19. The molecule has 0 saturated carbocycles. The SMILES string of the molecule is Cc1ccc(-n2c(SC(C)C(=O)NCc3ccc(F)cc3)nc3ccccc3c2=O)cc1F. The Bertz CT molecular complexity index is 1390. The van der Waals surface area contributed by atoms with E-state index in [2.05, 4.69) is 10.3 Å². The number of rotatable bonds is 6. The number of nitrogens with zero attached hydrogens (tertiary/aromatic N) is 2. The molecule has 1 atom stereocenters. The fourth-order valence-corrected chi connectivity index (χ4v) is 4.24. The van der Waals surface area contributed by atoms with Crippen molar-refractivity contribution in [2.24, 2.45) is 0 Å². The van der Waals surface area contributed by atoms with E-state index < -0.39 is 11.1 Å². The van der Waals surface area contributed by atoms with Crippen LogP contribution in [0.5, 0.6) is 0 Å². The number of thioether (sulfide) groups is 1. The molecular weight excluding hydrogens is 444 g/mol. The van der Waals surface area contributed by atoms with Crippen LogP contribution in [0.3, 0.4) is 0 Å². The Kier molecular flexibility index (Phi) is 6.55. The number of fused-ring (bicyclic) bond motifs is 1. The summed E-state index contributed by atoms with van der Waals surface area (Å²) in [6.45, 7) is 3.58. The number of aryl methyl sites for hydroxylation is 1. The summed E-state index contributed by atoms with van der Waals surface area (Å²) in [5.74, 6) is -1.05. The van der Waals surface area contributed by atoms with Gasteiger partial charge in [0.1, 0.15) is 11.6 Å². The first kappa shape index (κ1) is 22.7. The summed E-state index contributed by atoms with van der Waals surface area (Å²) in [5, 5.41) is 2.89. The first-order valence-corrected chi connectivity index (χ1v) is 11.2. The molecule has 5 nitrogen and oxygen atoms in total. The molecule has 0 aliphatic carbocycles. The van der Waals surface area contributed by atoms with Crippen molar-refractivity contribution in [3.8, 4) is 5.69 Å². The van der Waals surface area contributed by atoms with E-state index in [0.717, 1.165) is 17.3 Å². The molecule has 3 aromatic carbocycles. The Morgan fingerprint density at radius 2 is 1.82 bits per heavy atom. The summed E-state index contributed by atoms with van der Waals surface area (Å²) >= 11 is 1.11. The van der Waals surface area contributed by atoms with Crippen LogP contribution in [0.2, 0.25) is 0 Å². The van der Waals surface area contributed by atoms with Gasteiger partial charge < -0.3 is 5.32 Å². The van der Waals surface area contributed by atoms with Crippen LogP contribution in [0.1, 0.15) is 18.1 Å². The van der Waals surface area contributed by atoms with Crippen LogP contribution in [0, 0.1) is 18.6 Å². The summed E-state index contributed by atoms with van der Waals surface area (Å²) in [5.41, 5.74) is 1.71. The second-order valence-corrected chi connectivity index (χ2v) is 8.90. The number of hydrogen-bond acceptors (Lipinski definition) is 4. The second kappa shape index (κ2) is 9.54. The Labute approximate surface area is 193 Å². The van der Waals surface area contributed by atoms with Crippen LogP contribution in [0.25, 0.3) is 16.6 Å². The number of hydrogen-bond donors (Lipinski definition) is 1. The third-order valence-corrected chi connectivity index (χ3v) is 6.24. The number of para-hydroxylation sites is 1. The van der Waals surface area contributed by atoms with Crippen LogP contribution in [-0.2, 0) is 11.3 Å². The molecule has 1 amide bonds. The number of aromatic nitrogens is 2. The molecule has 4 rings (SSSR count). The van der Waals surface area contributed by atoms with Gasteiger partial charge in [-0.15, -0.1) is 0 Å². The molecule has 8 heteroatoms. The van der Waals surface area contributed by atoms with E-state index in [4.69, 9.17) is 0 Å². The maximum atomic E-state index is 14.3. The van der Waals surface area contributed by atoms with Crippen LogP contribution in [0.4, 0.5) is 8.78 Å². The Hall–Kier alpha value is -3.52. The summed E-state index contributed by atoms with van der Waals surface area (Å²) in [6, 6.07) is 17.3. The first-order valence-electron chi connectivity index (χ1n) is 10.3. The van der Waals surface area contributed by atoms with E-state index >= 15 is 0 Å². The van der Waals surface area contributed by atoms with Gasteiger partial charge in [0.15, 0.2) is 5.16 Å². The van der Waals surface area contributed by atoms with Gasteiger partial charge in [-0.25, -0.2) is 13.8 Å². The standard InChI is InChI=1S/C25H21F2N3O2S/c1-15-7-12-19(13-21(15)27)30-24(32)20-5-3-4-6-22(20)29-25(30)33-16(2)23(31)28-14-17-8-10-18(26)11-9-17/h3-13,16H,14H2,1-2H3,(H,28,31). The lowest BCUT2D eigenvalue weighted by atomic mass is 10.2. The van der Waals surface area contributed by atoms with Crippen molar-refractivity contribution in [1.29, 1.82) is 0 Å². The average molecular weight is 466 g/mol. The highest BCUT2D eigenvalue weighted by molar-refractivity contribution is 8.00. The fourth-order valence-electron chi connectivity index (χ4n) is 3.29. The van der Waals surface area contributed by atoms with Gasteiger partial charge in [0.25, 0.3) is 5.56 Å². The zero-order valence-corrected chi connectivity index (χ0v) is 18.8. The van der Waals surface area contributed by atoms with Crippen molar-refractivity contribution in [2.45, 2.75) is 30.8 Å². The molecule has 1 aromatic heterocycles. The first-order chi connectivity index (χ1) is 15.8. The zero-order valence-electron chi connectivity index (χ0n) is 18.0. The minimum Gasteiger partial charge on any atom is -0.351 e. The number of amides is 1. The highest BCUT2D eigenvalue weighted by Gasteiger charge is 2.20. The van der Waals surface area contributed by atoms with Gasteiger partial charge in [-0.2, -0.15) is 0 Å². The molecule has 0 bridgehead atoms. The molecular formula is C25H21F2N3O2S. The molecule has 0 spiro atoms. The molecule has 0 saturated heterocycles. The van der Waals surface area contributed by atoms with Crippen molar-refractivity contribution >= 4 is 28.6 Å². The number of carbonyl (C=O) groups excluding carboxylic acids is 1. The summed E-state index contributed by atoms with van der Waals surface area (Å²) in [6.07, 6.45) is 0. The van der Waals surface area contributed by atoms with Gasteiger partial charge >= 0.3 is 0 Å². The van der Waals surface area contributed by atoms with Gasteiger partial charge in [0.05, 0.1) is 21.8 Å². The minimum absolute atomic E-state index is 0.241. The largest absolute Gasteiger partial charge is 0.351 e. The van der Waals surface area contributed by atoms with E-state index in [-0.39, 0.29) is 29.0 Å². The van der Waals surface area contributed by atoms with E-state index in [9.17, 15) is 18.4 Å². The molecule has 1 unspecified atom stereocenters. The topological polar surface area (TPSA) is 64.0 Å². The maximum Gasteiger partial charge on any atom is 0.266 e. The van der Waals surface area contributed by atoms with Gasteiger partial charge in [-0.05, 0) is 61.4 Å². The smallest absolute Gasteiger partial charge is 0.266 e. The zero-order chi connectivity index (χ0) is 23.5. The second-order valence-electron chi connectivity index (χ2n) is 7.59. The molecule has 33 heavy (non-hydrogen) atoms. The molecule has 0 aliphatic rings. The Balaban J connectivity index is 1.65. The lowest BCUT2D eigenvalue weighted by Crippen LogP contribution is -2.31. The molecule has 0 aliphatic heterocycles. The summed E-state index contributed by atoms with van der Waals surface area (Å²) in [7, 11) is 0. The van der Waals surface area contributed by atoms with Gasteiger partial charge in [-0.1, -0.05) is 42.1 Å². The van der Waals surface area contributed by atoms with Crippen LogP contribution < -0.4 is 10.9 Å². The van der Waals surface area contributed by atoms with Gasteiger partial charge in [0.2, 0.25) is 5.91 Å². The van der Waals surface area contributed by atoms with Crippen molar-refractivity contribution in [3.05, 3.63) is 99.8 Å². The molecule has 1 heterocycles. The fraction of sp³-hybridized carbons (Fsp3) is 0.160. The van der Waals surface area contributed by atoms with Gasteiger partial charge in [-0.3, -0.25) is 14.2 Å². The predicted molar refractivity (Wildman–Crippen MR) is 126 cm³/mol. The number of carbonyl (C=O) groups is 1. The third kappa shape index (κ3) is 4.96. The monoisotopic (exact) mass is 465 g/mol. The minimum atomic E-state index is -0.597. The highest BCUT2D eigenvalue weighted by Crippen LogP contribution is 2.26. The number of halogens is 2. The molecule has 168 valence electrons. The van der Waals surface area contributed by atoms with Crippen molar-refractivity contribution in [3.63, 3.8) is 0 Å². The average Bonchev–Trinajstić information content (AvgIpc) is 2.80.